The maximum Gasteiger partial charge on any atom is 0.415 e. The summed E-state index contributed by atoms with van der Waals surface area (Å²) in [6.45, 7) is 3.15. The molecule has 1 fully saturated rings. The SMILES string of the molecule is Cc1cccc(Cc2ccc(OC(=O)N3CCC(Oc4ccc(Oc5ccccn5)cc4)CC3)cc2)n1. The van der Waals surface area contributed by atoms with E-state index in [1.54, 1.807) is 11.1 Å². The molecule has 5 rings (SSSR count). The van der Waals surface area contributed by atoms with Crippen LogP contribution in [0.4, 0.5) is 4.79 Å². The molecular formula is C30H29N3O4. The van der Waals surface area contributed by atoms with Crippen LogP contribution in [0.5, 0.6) is 23.1 Å². The first-order chi connectivity index (χ1) is 18.1. The second-order valence-corrected chi connectivity index (χ2v) is 9.00. The molecule has 2 aromatic carbocycles. The number of aryl methyl sites for hydroxylation is 1. The minimum absolute atomic E-state index is 0.0427. The average Bonchev–Trinajstić information content (AvgIpc) is 2.92. The van der Waals surface area contributed by atoms with E-state index < -0.39 is 0 Å². The van der Waals surface area contributed by atoms with Gasteiger partial charge in [0.15, 0.2) is 0 Å². The first-order valence-corrected chi connectivity index (χ1v) is 12.4. The van der Waals surface area contributed by atoms with Gasteiger partial charge in [0.1, 0.15) is 23.4 Å². The number of amides is 1. The minimum Gasteiger partial charge on any atom is -0.490 e. The zero-order valence-electron chi connectivity index (χ0n) is 20.7. The number of hydrogen-bond acceptors (Lipinski definition) is 6. The molecule has 0 radical (unpaired) electrons. The van der Waals surface area contributed by atoms with E-state index in [1.165, 1.54) is 0 Å². The van der Waals surface area contributed by atoms with E-state index in [-0.39, 0.29) is 12.2 Å². The lowest BCUT2D eigenvalue weighted by atomic mass is 10.1. The van der Waals surface area contributed by atoms with Crippen molar-refractivity contribution < 1.29 is 19.0 Å². The summed E-state index contributed by atoms with van der Waals surface area (Å²) in [5, 5.41) is 0. The minimum atomic E-state index is -0.331. The fraction of sp³-hybridized carbons (Fsp3) is 0.233. The smallest absolute Gasteiger partial charge is 0.415 e. The Balaban J connectivity index is 1.06. The first-order valence-electron chi connectivity index (χ1n) is 12.4. The highest BCUT2D eigenvalue weighted by Crippen LogP contribution is 2.25. The Bertz CT molecular complexity index is 1300. The summed E-state index contributed by atoms with van der Waals surface area (Å²) in [5.41, 5.74) is 3.14. The molecule has 4 aromatic rings. The van der Waals surface area contributed by atoms with Crippen LogP contribution in [0.15, 0.2) is 91.1 Å². The largest absolute Gasteiger partial charge is 0.490 e. The van der Waals surface area contributed by atoms with E-state index in [9.17, 15) is 4.79 Å². The van der Waals surface area contributed by atoms with Crippen molar-refractivity contribution in [3.8, 4) is 23.1 Å². The summed E-state index contributed by atoms with van der Waals surface area (Å²) in [6.07, 6.45) is 3.62. The van der Waals surface area contributed by atoms with Gasteiger partial charge < -0.3 is 19.1 Å². The van der Waals surface area contributed by atoms with Crippen LogP contribution in [0, 0.1) is 6.92 Å². The zero-order chi connectivity index (χ0) is 25.5. The number of likely N-dealkylation sites (tertiary alicyclic amines) is 1. The van der Waals surface area contributed by atoms with Crippen molar-refractivity contribution in [3.63, 3.8) is 0 Å². The number of pyridine rings is 2. The number of benzene rings is 2. The number of rotatable bonds is 7. The monoisotopic (exact) mass is 495 g/mol. The predicted octanol–water partition coefficient (Wildman–Crippen LogP) is 6.21. The van der Waals surface area contributed by atoms with E-state index in [1.807, 2.05) is 91.9 Å². The lowest BCUT2D eigenvalue weighted by Gasteiger charge is -2.31. The van der Waals surface area contributed by atoms with Crippen LogP contribution in [-0.2, 0) is 6.42 Å². The quantitative estimate of drug-likeness (QED) is 0.303. The van der Waals surface area contributed by atoms with Crippen LogP contribution in [0.3, 0.4) is 0 Å². The molecule has 3 heterocycles. The Morgan fingerprint density at radius 3 is 2.30 bits per heavy atom. The summed E-state index contributed by atoms with van der Waals surface area (Å²) < 4.78 is 17.4. The van der Waals surface area contributed by atoms with Crippen LogP contribution in [0.1, 0.15) is 29.8 Å². The summed E-state index contributed by atoms with van der Waals surface area (Å²) in [6, 6.07) is 26.6. The molecule has 7 nitrogen and oxygen atoms in total. The van der Waals surface area contributed by atoms with Crippen LogP contribution >= 0.6 is 0 Å². The number of hydrogen-bond donors (Lipinski definition) is 0. The summed E-state index contributed by atoms with van der Waals surface area (Å²) >= 11 is 0. The number of piperidine rings is 1. The standard InChI is InChI=1S/C30H29N3O4/c1-22-5-4-6-24(32-22)21-23-8-10-27(11-9-23)37-30(34)33-19-16-28(17-20-33)35-25-12-14-26(15-13-25)36-29-7-2-3-18-31-29/h2-15,18,28H,16-17,19-21H2,1H3. The summed E-state index contributed by atoms with van der Waals surface area (Å²) in [7, 11) is 0. The van der Waals surface area contributed by atoms with Gasteiger partial charge in [0.2, 0.25) is 5.88 Å². The van der Waals surface area contributed by atoms with Gasteiger partial charge in [-0.3, -0.25) is 4.98 Å². The van der Waals surface area contributed by atoms with Crippen molar-refractivity contribution in [2.45, 2.75) is 32.3 Å². The molecule has 0 N–H and O–H groups in total. The fourth-order valence-corrected chi connectivity index (χ4v) is 4.21. The molecule has 0 unspecified atom stereocenters. The highest BCUT2D eigenvalue weighted by molar-refractivity contribution is 5.70. The van der Waals surface area contributed by atoms with Gasteiger partial charge in [-0.2, -0.15) is 0 Å². The Morgan fingerprint density at radius 2 is 1.59 bits per heavy atom. The van der Waals surface area contributed by atoms with Gasteiger partial charge in [-0.1, -0.05) is 24.3 Å². The predicted molar refractivity (Wildman–Crippen MR) is 140 cm³/mol. The van der Waals surface area contributed by atoms with Crippen LogP contribution in [0.25, 0.3) is 0 Å². The Morgan fingerprint density at radius 1 is 0.865 bits per heavy atom. The Labute approximate surface area is 216 Å². The Hall–Kier alpha value is -4.39. The number of ether oxygens (including phenoxy) is 3. The highest BCUT2D eigenvalue weighted by Gasteiger charge is 2.25. The molecule has 1 aliphatic rings. The van der Waals surface area contributed by atoms with Crippen molar-refractivity contribution in [2.24, 2.45) is 0 Å². The maximum absolute atomic E-state index is 12.7. The molecule has 188 valence electrons. The van der Waals surface area contributed by atoms with Gasteiger partial charge >= 0.3 is 6.09 Å². The van der Waals surface area contributed by atoms with E-state index in [2.05, 4.69) is 9.97 Å². The fourth-order valence-electron chi connectivity index (χ4n) is 4.21. The molecule has 7 heteroatoms. The molecule has 0 atom stereocenters. The van der Waals surface area contributed by atoms with Crippen LogP contribution < -0.4 is 14.2 Å². The third-order valence-electron chi connectivity index (χ3n) is 6.15. The molecule has 0 bridgehead atoms. The van der Waals surface area contributed by atoms with Gasteiger partial charge in [-0.05, 0) is 67.1 Å². The Kier molecular flexibility index (Phi) is 7.60. The van der Waals surface area contributed by atoms with Crippen molar-refractivity contribution in [2.75, 3.05) is 13.1 Å². The first kappa shape index (κ1) is 24.3. The molecule has 0 aliphatic carbocycles. The number of aromatic nitrogens is 2. The zero-order valence-corrected chi connectivity index (χ0v) is 20.7. The molecule has 37 heavy (non-hydrogen) atoms. The molecule has 1 aliphatic heterocycles. The third-order valence-corrected chi connectivity index (χ3v) is 6.15. The third kappa shape index (κ3) is 6.85. The average molecular weight is 496 g/mol. The lowest BCUT2D eigenvalue weighted by molar-refractivity contribution is 0.0930. The van der Waals surface area contributed by atoms with Gasteiger partial charge in [0, 0.05) is 56.0 Å². The van der Waals surface area contributed by atoms with Gasteiger partial charge in [0.25, 0.3) is 0 Å². The molecule has 1 amide bonds. The topological polar surface area (TPSA) is 73.8 Å². The number of nitrogens with zero attached hydrogens (tertiary/aromatic N) is 3. The normalized spacial score (nSPS) is 13.7. The maximum atomic E-state index is 12.7. The van der Waals surface area contributed by atoms with E-state index >= 15 is 0 Å². The van der Waals surface area contributed by atoms with Gasteiger partial charge in [-0.25, -0.2) is 9.78 Å². The van der Waals surface area contributed by atoms with Crippen molar-refractivity contribution >= 4 is 6.09 Å². The summed E-state index contributed by atoms with van der Waals surface area (Å²) in [5.74, 6) is 2.56. The lowest BCUT2D eigenvalue weighted by Crippen LogP contribution is -2.43. The molecule has 2 aromatic heterocycles. The second kappa shape index (κ2) is 11.6. The molecular weight excluding hydrogens is 466 g/mol. The second-order valence-electron chi connectivity index (χ2n) is 9.00. The van der Waals surface area contributed by atoms with E-state index in [0.717, 1.165) is 42.0 Å². The number of carbonyl (C=O) groups excluding carboxylic acids is 1. The van der Waals surface area contributed by atoms with Gasteiger partial charge in [0.05, 0.1) is 0 Å². The molecule has 0 saturated carbocycles. The molecule has 1 saturated heterocycles. The highest BCUT2D eigenvalue weighted by atomic mass is 16.6. The van der Waals surface area contributed by atoms with Crippen LogP contribution in [0.2, 0.25) is 0 Å². The van der Waals surface area contributed by atoms with Crippen molar-refractivity contribution in [1.29, 1.82) is 0 Å². The number of carbonyl (C=O) groups is 1. The van der Waals surface area contributed by atoms with Crippen molar-refractivity contribution in [3.05, 3.63) is 108 Å². The summed E-state index contributed by atoms with van der Waals surface area (Å²) in [4.78, 5) is 23.1. The van der Waals surface area contributed by atoms with E-state index in [0.29, 0.717) is 30.5 Å². The van der Waals surface area contributed by atoms with Crippen LogP contribution in [-0.4, -0.2) is 40.2 Å². The van der Waals surface area contributed by atoms with E-state index in [4.69, 9.17) is 14.2 Å². The molecule has 0 spiro atoms. The van der Waals surface area contributed by atoms with Crippen molar-refractivity contribution in [1.82, 2.24) is 14.9 Å². The van der Waals surface area contributed by atoms with Gasteiger partial charge in [-0.15, -0.1) is 0 Å².